The molecule has 0 heterocycles. The second-order valence-corrected chi connectivity index (χ2v) is 7.50. The van der Waals surface area contributed by atoms with Crippen molar-refractivity contribution in [1.82, 2.24) is 0 Å². The first-order chi connectivity index (χ1) is 10.2. The van der Waals surface area contributed by atoms with E-state index in [2.05, 4.69) is 24.4 Å². The average molecular weight is 283 g/mol. The number of rotatable bonds is 3. The molecule has 5 rings (SSSR count). The van der Waals surface area contributed by atoms with Gasteiger partial charge in [-0.05, 0) is 79.9 Å². The highest BCUT2D eigenvalue weighted by Crippen LogP contribution is 2.56. The minimum absolute atomic E-state index is 0.281. The van der Waals surface area contributed by atoms with Crippen molar-refractivity contribution in [3.8, 4) is 0 Å². The predicted octanol–water partition coefficient (Wildman–Crippen LogP) is 4.26. The van der Waals surface area contributed by atoms with E-state index in [4.69, 9.17) is 0 Å². The first-order valence-electron chi connectivity index (χ1n) is 8.62. The van der Waals surface area contributed by atoms with Crippen molar-refractivity contribution in [1.29, 1.82) is 0 Å². The lowest BCUT2D eigenvalue weighted by molar-refractivity contribution is -0.132. The Labute approximate surface area is 127 Å². The molecule has 4 saturated carbocycles. The molecule has 1 amide bonds. The number of amides is 1. The van der Waals surface area contributed by atoms with Gasteiger partial charge in [-0.1, -0.05) is 19.1 Å². The third-order valence-corrected chi connectivity index (χ3v) is 6.13. The van der Waals surface area contributed by atoms with E-state index >= 15 is 0 Å². The minimum atomic E-state index is 0.281. The van der Waals surface area contributed by atoms with Crippen LogP contribution in [0.5, 0.6) is 0 Å². The molecule has 0 unspecified atom stereocenters. The predicted molar refractivity (Wildman–Crippen MR) is 85.0 cm³/mol. The molecule has 4 aliphatic carbocycles. The van der Waals surface area contributed by atoms with Crippen molar-refractivity contribution in [3.63, 3.8) is 0 Å². The normalized spacial score (nSPS) is 36.7. The Morgan fingerprint density at radius 2 is 1.76 bits per heavy atom. The van der Waals surface area contributed by atoms with Crippen LogP contribution in [0.2, 0.25) is 0 Å². The van der Waals surface area contributed by atoms with Crippen LogP contribution >= 0.6 is 0 Å². The topological polar surface area (TPSA) is 29.1 Å². The van der Waals surface area contributed by atoms with Gasteiger partial charge in [-0.2, -0.15) is 0 Å². The maximum Gasteiger partial charge on any atom is 0.228 e. The molecule has 2 heteroatoms. The van der Waals surface area contributed by atoms with Gasteiger partial charge in [-0.3, -0.25) is 4.79 Å². The molecule has 1 aromatic carbocycles. The molecule has 0 atom stereocenters. The molecule has 0 aromatic heterocycles. The van der Waals surface area contributed by atoms with Gasteiger partial charge in [0.05, 0.1) is 0 Å². The Hall–Kier alpha value is -1.31. The number of carbonyl (C=O) groups excluding carboxylic acids is 1. The number of nitrogens with one attached hydrogen (secondary N) is 1. The van der Waals surface area contributed by atoms with Gasteiger partial charge in [0, 0.05) is 11.6 Å². The maximum absolute atomic E-state index is 12.8. The summed E-state index contributed by atoms with van der Waals surface area (Å²) < 4.78 is 0. The van der Waals surface area contributed by atoms with Crippen LogP contribution in [0, 0.1) is 29.6 Å². The number of hydrogen-bond donors (Lipinski definition) is 1. The van der Waals surface area contributed by atoms with E-state index in [1.165, 1.54) is 37.7 Å². The van der Waals surface area contributed by atoms with E-state index in [-0.39, 0.29) is 11.8 Å². The molecule has 4 fully saturated rings. The van der Waals surface area contributed by atoms with Crippen LogP contribution in [0.4, 0.5) is 5.69 Å². The molecule has 1 N–H and O–H groups in total. The first kappa shape index (κ1) is 13.4. The third-order valence-electron chi connectivity index (χ3n) is 6.13. The molecule has 0 spiro atoms. The van der Waals surface area contributed by atoms with Crippen LogP contribution in [0.1, 0.15) is 44.6 Å². The third kappa shape index (κ3) is 2.39. The van der Waals surface area contributed by atoms with Crippen molar-refractivity contribution < 1.29 is 4.79 Å². The Morgan fingerprint density at radius 1 is 1.10 bits per heavy atom. The Bertz CT molecular complexity index is 522. The monoisotopic (exact) mass is 283 g/mol. The zero-order chi connectivity index (χ0) is 14.4. The highest BCUT2D eigenvalue weighted by atomic mass is 16.1. The lowest BCUT2D eigenvalue weighted by Gasteiger charge is -2.53. The molecular weight excluding hydrogens is 258 g/mol. The quantitative estimate of drug-likeness (QED) is 0.882. The van der Waals surface area contributed by atoms with Crippen LogP contribution in [0.25, 0.3) is 0 Å². The van der Waals surface area contributed by atoms with Crippen molar-refractivity contribution in [3.05, 3.63) is 29.8 Å². The Kier molecular flexibility index (Phi) is 3.28. The molecule has 112 valence electrons. The van der Waals surface area contributed by atoms with E-state index in [0.29, 0.717) is 11.8 Å². The van der Waals surface area contributed by atoms with Crippen LogP contribution < -0.4 is 5.32 Å². The largest absolute Gasteiger partial charge is 0.326 e. The van der Waals surface area contributed by atoms with E-state index in [1.807, 2.05) is 12.1 Å². The van der Waals surface area contributed by atoms with Gasteiger partial charge >= 0.3 is 0 Å². The summed E-state index contributed by atoms with van der Waals surface area (Å²) in [5.41, 5.74) is 2.27. The van der Waals surface area contributed by atoms with E-state index in [9.17, 15) is 4.79 Å². The zero-order valence-corrected chi connectivity index (χ0v) is 12.8. The van der Waals surface area contributed by atoms with Gasteiger partial charge in [0.2, 0.25) is 5.91 Å². The molecule has 0 saturated heterocycles. The summed E-state index contributed by atoms with van der Waals surface area (Å²) in [6.45, 7) is 2.15. The van der Waals surface area contributed by atoms with Crippen molar-refractivity contribution >= 4 is 11.6 Å². The average Bonchev–Trinajstić information content (AvgIpc) is 2.46. The van der Waals surface area contributed by atoms with Crippen molar-refractivity contribution in [2.45, 2.75) is 45.4 Å². The maximum atomic E-state index is 12.8. The van der Waals surface area contributed by atoms with Gasteiger partial charge in [-0.25, -0.2) is 0 Å². The standard InChI is InChI=1S/C19H25NO/c1-2-12-4-3-5-17(11-12)20-19(21)18-15-7-13-6-14(9-15)10-16(18)8-13/h3-5,11,13-16,18H,2,6-10H2,1H3,(H,20,21). The smallest absolute Gasteiger partial charge is 0.228 e. The molecular formula is C19H25NO. The highest BCUT2D eigenvalue weighted by Gasteiger charge is 2.50. The summed E-state index contributed by atoms with van der Waals surface area (Å²) >= 11 is 0. The number of hydrogen-bond acceptors (Lipinski definition) is 1. The molecule has 4 bridgehead atoms. The molecule has 1 aromatic rings. The molecule has 2 nitrogen and oxygen atoms in total. The molecule has 21 heavy (non-hydrogen) atoms. The van der Waals surface area contributed by atoms with Gasteiger partial charge in [0.1, 0.15) is 0 Å². The van der Waals surface area contributed by atoms with Gasteiger partial charge in [0.15, 0.2) is 0 Å². The number of anilines is 1. The minimum Gasteiger partial charge on any atom is -0.326 e. The van der Waals surface area contributed by atoms with E-state index in [0.717, 1.165) is 23.9 Å². The summed E-state index contributed by atoms with van der Waals surface area (Å²) in [4.78, 5) is 12.8. The van der Waals surface area contributed by atoms with Crippen LogP contribution in [0.3, 0.4) is 0 Å². The van der Waals surface area contributed by atoms with Crippen molar-refractivity contribution in [2.75, 3.05) is 5.32 Å². The van der Waals surface area contributed by atoms with Crippen LogP contribution in [0.15, 0.2) is 24.3 Å². The number of carbonyl (C=O) groups is 1. The van der Waals surface area contributed by atoms with Gasteiger partial charge < -0.3 is 5.32 Å². The van der Waals surface area contributed by atoms with Crippen LogP contribution in [-0.2, 0) is 11.2 Å². The summed E-state index contributed by atoms with van der Waals surface area (Å²) in [5, 5.41) is 3.21. The highest BCUT2D eigenvalue weighted by molar-refractivity contribution is 5.93. The van der Waals surface area contributed by atoms with Crippen molar-refractivity contribution in [2.24, 2.45) is 29.6 Å². The SMILES string of the molecule is CCc1cccc(NC(=O)C2C3CC4CC(C3)CC2C4)c1. The second kappa shape index (κ2) is 5.15. The fraction of sp³-hybridized carbons (Fsp3) is 0.632. The molecule has 4 aliphatic rings. The van der Waals surface area contributed by atoms with E-state index in [1.54, 1.807) is 0 Å². The summed E-state index contributed by atoms with van der Waals surface area (Å²) in [6.07, 6.45) is 7.68. The molecule has 0 radical (unpaired) electrons. The number of benzene rings is 1. The van der Waals surface area contributed by atoms with E-state index < -0.39 is 0 Å². The Morgan fingerprint density at radius 3 is 2.38 bits per heavy atom. The van der Waals surface area contributed by atoms with Crippen LogP contribution in [-0.4, -0.2) is 5.91 Å². The fourth-order valence-electron chi connectivity index (χ4n) is 5.45. The lowest BCUT2D eigenvalue weighted by atomic mass is 9.51. The molecule has 0 aliphatic heterocycles. The Balaban J connectivity index is 1.50. The van der Waals surface area contributed by atoms with Gasteiger partial charge in [0.25, 0.3) is 0 Å². The number of aryl methyl sites for hydroxylation is 1. The fourth-order valence-corrected chi connectivity index (χ4v) is 5.45. The second-order valence-electron chi connectivity index (χ2n) is 7.50. The lowest BCUT2D eigenvalue weighted by Crippen LogP contribution is -2.49. The zero-order valence-electron chi connectivity index (χ0n) is 12.8. The first-order valence-corrected chi connectivity index (χ1v) is 8.62. The van der Waals surface area contributed by atoms with Gasteiger partial charge in [-0.15, -0.1) is 0 Å². The summed E-state index contributed by atoms with van der Waals surface area (Å²) in [7, 11) is 0. The summed E-state index contributed by atoms with van der Waals surface area (Å²) in [5.74, 6) is 3.76. The summed E-state index contributed by atoms with van der Waals surface area (Å²) in [6, 6.07) is 8.31.